The predicted molar refractivity (Wildman–Crippen MR) is 75.0 cm³/mol. The zero-order chi connectivity index (χ0) is 13.4. The van der Waals surface area contributed by atoms with Crippen LogP contribution in [-0.4, -0.2) is 36.8 Å². The first-order valence-corrected chi connectivity index (χ1v) is 6.76. The topological polar surface area (TPSA) is 32.7 Å². The Morgan fingerprint density at radius 3 is 2.61 bits per heavy atom. The van der Waals surface area contributed by atoms with Crippen molar-refractivity contribution in [3.05, 3.63) is 29.8 Å². The molecule has 1 N–H and O–H groups in total. The first-order valence-electron chi connectivity index (χ1n) is 6.76. The number of benzene rings is 1. The maximum Gasteiger partial charge on any atom is 0.124 e. The number of likely N-dealkylation sites (N-methyl/N-ethyl adjacent to an activating group) is 1. The molecule has 0 amide bonds. The molecule has 1 aromatic rings. The van der Waals surface area contributed by atoms with Crippen LogP contribution in [0.25, 0.3) is 0 Å². The van der Waals surface area contributed by atoms with E-state index in [9.17, 15) is 5.11 Å². The van der Waals surface area contributed by atoms with Crippen LogP contribution in [0, 0.1) is 0 Å². The largest absolute Gasteiger partial charge is 0.496 e. The van der Waals surface area contributed by atoms with Gasteiger partial charge in [-0.25, -0.2) is 0 Å². The van der Waals surface area contributed by atoms with Gasteiger partial charge in [-0.3, -0.25) is 0 Å². The zero-order valence-corrected chi connectivity index (χ0v) is 11.7. The van der Waals surface area contributed by atoms with Gasteiger partial charge in [-0.05, 0) is 25.6 Å². The summed E-state index contributed by atoms with van der Waals surface area (Å²) in [6, 6.07) is 7.67. The fraction of sp³-hybridized carbons (Fsp3) is 0.600. The van der Waals surface area contributed by atoms with E-state index in [0.29, 0.717) is 6.54 Å². The third-order valence-electron chi connectivity index (χ3n) is 3.20. The normalized spacial score (nSPS) is 12.7. The number of nitrogens with zero attached hydrogens (tertiary/aromatic N) is 1. The smallest absolute Gasteiger partial charge is 0.124 e. The molecule has 1 aromatic carbocycles. The van der Waals surface area contributed by atoms with E-state index in [1.165, 1.54) is 12.8 Å². The molecule has 1 rings (SSSR count). The van der Waals surface area contributed by atoms with Crippen LogP contribution in [0.4, 0.5) is 0 Å². The molecule has 1 unspecified atom stereocenters. The van der Waals surface area contributed by atoms with Crippen LogP contribution in [0.3, 0.4) is 0 Å². The molecule has 18 heavy (non-hydrogen) atoms. The van der Waals surface area contributed by atoms with Gasteiger partial charge < -0.3 is 14.7 Å². The fourth-order valence-electron chi connectivity index (χ4n) is 2.04. The second-order valence-electron chi connectivity index (χ2n) is 4.50. The Morgan fingerprint density at radius 2 is 2.00 bits per heavy atom. The van der Waals surface area contributed by atoms with Crippen molar-refractivity contribution in [3.8, 4) is 5.75 Å². The lowest BCUT2D eigenvalue weighted by Crippen LogP contribution is -2.29. The highest BCUT2D eigenvalue weighted by atomic mass is 16.5. The van der Waals surface area contributed by atoms with Crippen LogP contribution in [0.1, 0.15) is 38.4 Å². The molecule has 3 nitrogen and oxygen atoms in total. The van der Waals surface area contributed by atoms with Crippen molar-refractivity contribution in [2.75, 3.05) is 26.7 Å². The van der Waals surface area contributed by atoms with E-state index < -0.39 is 6.10 Å². The van der Waals surface area contributed by atoms with Crippen LogP contribution in [0.5, 0.6) is 5.75 Å². The third-order valence-corrected chi connectivity index (χ3v) is 3.20. The summed E-state index contributed by atoms with van der Waals surface area (Å²) in [4.78, 5) is 2.28. The monoisotopic (exact) mass is 251 g/mol. The lowest BCUT2D eigenvalue weighted by atomic mass is 10.1. The third kappa shape index (κ3) is 4.31. The number of unbranched alkanes of at least 4 members (excludes halogenated alkanes) is 1. The van der Waals surface area contributed by atoms with Gasteiger partial charge in [0.2, 0.25) is 0 Å². The maximum atomic E-state index is 10.3. The van der Waals surface area contributed by atoms with Crippen molar-refractivity contribution in [2.45, 2.75) is 32.8 Å². The number of rotatable bonds is 8. The average molecular weight is 251 g/mol. The van der Waals surface area contributed by atoms with Crippen molar-refractivity contribution in [3.63, 3.8) is 0 Å². The van der Waals surface area contributed by atoms with Gasteiger partial charge in [0.15, 0.2) is 0 Å². The van der Waals surface area contributed by atoms with Gasteiger partial charge in [-0.1, -0.05) is 38.5 Å². The molecule has 0 heterocycles. The standard InChI is InChI=1S/C15H25NO2/c1-4-6-11-16(5-2)12-14(17)13-9-7-8-10-15(13)18-3/h7-10,14,17H,4-6,11-12H2,1-3H3. The highest BCUT2D eigenvalue weighted by Crippen LogP contribution is 2.25. The summed E-state index contributed by atoms with van der Waals surface area (Å²) in [6.45, 7) is 6.98. The average Bonchev–Trinajstić information content (AvgIpc) is 2.43. The molecular formula is C15H25NO2. The van der Waals surface area contributed by atoms with Crippen molar-refractivity contribution in [1.29, 1.82) is 0 Å². The molecule has 0 spiro atoms. The van der Waals surface area contributed by atoms with Gasteiger partial charge in [-0.2, -0.15) is 0 Å². The quantitative estimate of drug-likeness (QED) is 0.771. The lowest BCUT2D eigenvalue weighted by molar-refractivity contribution is 0.113. The Hall–Kier alpha value is -1.06. The number of aliphatic hydroxyl groups excluding tert-OH is 1. The summed E-state index contributed by atoms with van der Waals surface area (Å²) < 4.78 is 5.28. The lowest BCUT2D eigenvalue weighted by Gasteiger charge is -2.24. The molecule has 0 saturated carbocycles. The molecule has 1 atom stereocenters. The summed E-state index contributed by atoms with van der Waals surface area (Å²) in [6.07, 6.45) is 1.87. The molecular weight excluding hydrogens is 226 g/mol. The molecule has 102 valence electrons. The molecule has 3 heteroatoms. The van der Waals surface area contributed by atoms with Gasteiger partial charge in [0.25, 0.3) is 0 Å². The van der Waals surface area contributed by atoms with Crippen molar-refractivity contribution >= 4 is 0 Å². The van der Waals surface area contributed by atoms with Gasteiger partial charge in [0, 0.05) is 12.1 Å². The second-order valence-corrected chi connectivity index (χ2v) is 4.50. The van der Waals surface area contributed by atoms with E-state index in [0.717, 1.165) is 24.4 Å². The van der Waals surface area contributed by atoms with Crippen LogP contribution in [0.15, 0.2) is 24.3 Å². The van der Waals surface area contributed by atoms with Crippen LogP contribution >= 0.6 is 0 Å². The minimum Gasteiger partial charge on any atom is -0.496 e. The fourth-order valence-corrected chi connectivity index (χ4v) is 2.04. The van der Waals surface area contributed by atoms with Gasteiger partial charge >= 0.3 is 0 Å². The van der Waals surface area contributed by atoms with Crippen LogP contribution in [0.2, 0.25) is 0 Å². The molecule has 0 aliphatic carbocycles. The Morgan fingerprint density at radius 1 is 1.28 bits per heavy atom. The Balaban J connectivity index is 2.65. The Kier molecular flexibility index (Phi) is 6.76. The molecule has 0 aliphatic rings. The van der Waals surface area contributed by atoms with Crippen molar-refractivity contribution in [1.82, 2.24) is 4.90 Å². The van der Waals surface area contributed by atoms with Gasteiger partial charge in [-0.15, -0.1) is 0 Å². The van der Waals surface area contributed by atoms with E-state index in [2.05, 4.69) is 18.7 Å². The number of para-hydroxylation sites is 1. The SMILES string of the molecule is CCCCN(CC)CC(O)c1ccccc1OC. The van der Waals surface area contributed by atoms with Crippen LogP contribution in [-0.2, 0) is 0 Å². The minimum absolute atomic E-state index is 0.488. The number of methoxy groups -OCH3 is 1. The maximum absolute atomic E-state index is 10.3. The molecule has 0 radical (unpaired) electrons. The number of hydrogen-bond donors (Lipinski definition) is 1. The first kappa shape index (κ1) is 15.0. The molecule has 0 saturated heterocycles. The summed E-state index contributed by atoms with van der Waals surface area (Å²) in [5, 5.41) is 10.3. The van der Waals surface area contributed by atoms with E-state index in [-0.39, 0.29) is 0 Å². The van der Waals surface area contributed by atoms with E-state index >= 15 is 0 Å². The minimum atomic E-state index is -0.488. The molecule has 0 fully saturated rings. The molecule has 0 aliphatic heterocycles. The first-order chi connectivity index (χ1) is 8.72. The summed E-state index contributed by atoms with van der Waals surface area (Å²) in [5.41, 5.74) is 0.870. The van der Waals surface area contributed by atoms with Gasteiger partial charge in [0.1, 0.15) is 5.75 Å². The van der Waals surface area contributed by atoms with Crippen molar-refractivity contribution < 1.29 is 9.84 Å². The summed E-state index contributed by atoms with van der Waals surface area (Å²) >= 11 is 0. The zero-order valence-electron chi connectivity index (χ0n) is 11.7. The Bertz CT molecular complexity index is 341. The Labute approximate surface area is 110 Å². The summed E-state index contributed by atoms with van der Waals surface area (Å²) in [7, 11) is 1.64. The number of ether oxygens (including phenoxy) is 1. The van der Waals surface area contributed by atoms with E-state index in [1.807, 2.05) is 24.3 Å². The highest BCUT2D eigenvalue weighted by Gasteiger charge is 2.15. The van der Waals surface area contributed by atoms with E-state index in [4.69, 9.17) is 4.74 Å². The number of aliphatic hydroxyl groups is 1. The predicted octanol–water partition coefficient (Wildman–Crippen LogP) is 2.85. The van der Waals surface area contributed by atoms with Gasteiger partial charge in [0.05, 0.1) is 13.2 Å². The van der Waals surface area contributed by atoms with Crippen molar-refractivity contribution in [2.24, 2.45) is 0 Å². The second kappa shape index (κ2) is 8.11. The number of hydrogen-bond acceptors (Lipinski definition) is 3. The highest BCUT2D eigenvalue weighted by molar-refractivity contribution is 5.35. The molecule has 0 aromatic heterocycles. The van der Waals surface area contributed by atoms with E-state index in [1.54, 1.807) is 7.11 Å². The van der Waals surface area contributed by atoms with Crippen LogP contribution < -0.4 is 4.74 Å². The summed E-state index contributed by atoms with van der Waals surface area (Å²) in [5.74, 6) is 0.761. The molecule has 0 bridgehead atoms.